The van der Waals surface area contributed by atoms with Crippen LogP contribution in [0.25, 0.3) is 22.3 Å². The zero-order valence-electron chi connectivity index (χ0n) is 61.4. The number of aliphatic carboxylic acids is 2. The Labute approximate surface area is 609 Å². The molecule has 2 aromatic carbocycles. The van der Waals surface area contributed by atoms with Gasteiger partial charge in [0.2, 0.25) is 23.6 Å². The molecule has 105 heavy (non-hydrogen) atoms. The van der Waals surface area contributed by atoms with Gasteiger partial charge in [-0.1, -0.05) is 59.7 Å². The van der Waals surface area contributed by atoms with Crippen molar-refractivity contribution < 1.29 is 97.4 Å². The molecule has 13 N–H and O–H groups in total. The molecule has 6 aromatic rings. The average molecular weight is 1480 g/mol. The van der Waals surface area contributed by atoms with Crippen molar-refractivity contribution in [2.45, 2.75) is 154 Å². The molecule has 0 radical (unpaired) electrons. The van der Waals surface area contributed by atoms with E-state index in [-0.39, 0.29) is 37.5 Å². The van der Waals surface area contributed by atoms with Crippen LogP contribution >= 0.6 is 0 Å². The highest BCUT2D eigenvalue weighted by atomic mass is 16.6. The zero-order valence-corrected chi connectivity index (χ0v) is 61.4. The second-order valence-corrected chi connectivity index (χ2v) is 25.9. The van der Waals surface area contributed by atoms with E-state index < -0.39 is 110 Å². The molecule has 6 heterocycles. The number of aromatic nitrogens is 8. The number of fused-ring (bicyclic) bond motifs is 2. The van der Waals surface area contributed by atoms with Crippen molar-refractivity contribution in [3.8, 4) is 0 Å². The SMILES string of the molecule is CC(=O)O.CC(=O)O.Cc1ccc(CC(NC(=O)CCCOCCOCCNC(=O)OC(C)(C)C)C(=O)N[C@H]2[C@@H](O)[C@H](n3cnc4c(N(C)C)ncnc43)O[C@@H]2CO)cc1.Cc1ccc(C[C@H](NC(=O)CCCOCCOCCN)C(=O)N[C@H]2[C@@H](O)[C@H](n3cnc4c(N(C)C)ncnc43)O[C@@H]2CO)cc1. The Bertz CT molecular complexity index is 3650. The number of hydrogen-bond donors (Lipinski definition) is 12. The third kappa shape index (κ3) is 28.6. The third-order valence-electron chi connectivity index (χ3n) is 15.5. The molecule has 2 saturated heterocycles. The van der Waals surface area contributed by atoms with Gasteiger partial charge < -0.3 is 106 Å². The van der Waals surface area contributed by atoms with E-state index in [0.717, 1.165) is 36.1 Å². The van der Waals surface area contributed by atoms with E-state index in [1.54, 1.807) is 39.7 Å². The van der Waals surface area contributed by atoms with Gasteiger partial charge in [-0.15, -0.1) is 0 Å². The molecule has 36 heteroatoms. The van der Waals surface area contributed by atoms with E-state index in [1.807, 2.05) is 90.6 Å². The summed E-state index contributed by atoms with van der Waals surface area (Å²) in [7, 11) is 7.31. The summed E-state index contributed by atoms with van der Waals surface area (Å²) >= 11 is 0. The van der Waals surface area contributed by atoms with Crippen LogP contribution in [0, 0.1) is 13.8 Å². The minimum absolute atomic E-state index is 0.110. The number of rotatable bonds is 35. The Morgan fingerprint density at radius 1 is 0.571 bits per heavy atom. The smallest absolute Gasteiger partial charge is 0.407 e. The molecule has 8 rings (SSSR count). The number of ether oxygens (including phenoxy) is 7. The summed E-state index contributed by atoms with van der Waals surface area (Å²) in [6.45, 7) is 14.1. The van der Waals surface area contributed by atoms with Gasteiger partial charge in [-0.25, -0.2) is 34.7 Å². The van der Waals surface area contributed by atoms with Crippen molar-refractivity contribution in [3.63, 3.8) is 0 Å². The summed E-state index contributed by atoms with van der Waals surface area (Å²) in [5.41, 5.74) is 10.5. The second kappa shape index (κ2) is 43.9. The lowest BCUT2D eigenvalue weighted by molar-refractivity contribution is -0.135. The van der Waals surface area contributed by atoms with Gasteiger partial charge in [-0.05, 0) is 58.6 Å². The number of amides is 5. The molecule has 5 amide bonds. The van der Waals surface area contributed by atoms with Gasteiger partial charge in [-0.3, -0.25) is 37.9 Å². The molecule has 10 atom stereocenters. The molecule has 2 aliphatic heterocycles. The number of aliphatic hydroxyl groups is 4. The first-order valence-electron chi connectivity index (χ1n) is 34.2. The van der Waals surface area contributed by atoms with Gasteiger partial charge >= 0.3 is 6.09 Å². The number of anilines is 2. The van der Waals surface area contributed by atoms with Crippen LogP contribution in [-0.4, -0.2) is 273 Å². The molecule has 4 aromatic heterocycles. The van der Waals surface area contributed by atoms with Crippen LogP contribution in [-0.2, 0) is 74.8 Å². The summed E-state index contributed by atoms with van der Waals surface area (Å²) in [6, 6.07) is 11.4. The Balaban J connectivity index is 0.000000345. The summed E-state index contributed by atoms with van der Waals surface area (Å²) in [4.78, 5) is 113. The molecule has 0 saturated carbocycles. The fourth-order valence-corrected chi connectivity index (χ4v) is 10.7. The van der Waals surface area contributed by atoms with Crippen LogP contribution in [0.1, 0.15) is 95.0 Å². The standard InChI is InChI=1S/C35H52N8O9.C30H44N8O7.2C2H4O2/c1-22-9-11-23(12-10-22)18-24(40-26(45)8-7-14-49-16-17-50-15-13-36-34(48)52-35(2,3)4)32(47)41-27-25(19-44)51-33(29(27)46)43-21-39-28-30(42(5)6)37-20-38-31(28)43;1-19-6-8-20(9-7-19)15-21(35-23(40)5-4-11-43-13-14-44-12-10-31)29(42)36-24-22(16-39)45-30(26(24)41)38-18-34-25-27(37(2)3)32-17-33-28(25)38;2*1-2(3)4/h9-12,20-21,24-25,27,29,33,44,46H,7-8,13-19H2,1-6H3,(H,36,48)(H,40,45)(H,41,47);6-9,17-18,21-22,24,26,30,39,41H,4-5,10-16,31H2,1-3H3,(H,35,40)(H,36,42);2*1H3,(H,3,4)/t24?,25-,27-,29-,33-;21-,22+,24+,26+,30+;;/m10../s1. The molecular weight excluding hydrogens is 1370 g/mol. The Hall–Kier alpha value is -9.21. The molecular formula is C69H104N16O20. The van der Waals surface area contributed by atoms with Gasteiger partial charge in [0.25, 0.3) is 11.9 Å². The van der Waals surface area contributed by atoms with Gasteiger partial charge in [0.1, 0.15) is 54.8 Å². The van der Waals surface area contributed by atoms with Gasteiger partial charge in [0, 0.05) is 94.0 Å². The van der Waals surface area contributed by atoms with E-state index >= 15 is 0 Å². The maximum absolute atomic E-state index is 13.8. The Morgan fingerprint density at radius 3 is 1.30 bits per heavy atom. The predicted octanol–water partition coefficient (Wildman–Crippen LogP) is 0.619. The normalized spacial score (nSPS) is 18.7. The monoisotopic (exact) mass is 1480 g/mol. The van der Waals surface area contributed by atoms with Crippen LogP contribution in [0.4, 0.5) is 16.4 Å². The average Bonchev–Trinajstić information content (AvgIpc) is 1.62. The fraction of sp³-hybridized carbons (Fsp3) is 0.580. The number of nitrogens with one attached hydrogen (secondary N) is 5. The van der Waals surface area contributed by atoms with Crippen LogP contribution < -0.4 is 42.1 Å². The summed E-state index contributed by atoms with van der Waals surface area (Å²) in [6.07, 6.45) is 0.354. The lowest BCUT2D eigenvalue weighted by atomic mass is 10.0. The number of aryl methyl sites for hydroxylation is 2. The van der Waals surface area contributed by atoms with Crippen molar-refractivity contribution in [2.75, 3.05) is 117 Å². The summed E-state index contributed by atoms with van der Waals surface area (Å²) in [5.74, 6) is -2.21. The van der Waals surface area contributed by atoms with Crippen LogP contribution in [0.3, 0.4) is 0 Å². The lowest BCUT2D eigenvalue weighted by Gasteiger charge is -2.25. The van der Waals surface area contributed by atoms with Gasteiger partial charge in [0.05, 0.1) is 77.6 Å². The quantitative estimate of drug-likeness (QED) is 0.0243. The number of imidazole rings is 2. The minimum Gasteiger partial charge on any atom is -0.481 e. The number of hydrogen-bond acceptors (Lipinski definition) is 27. The molecule has 580 valence electrons. The molecule has 0 bridgehead atoms. The highest BCUT2D eigenvalue weighted by Gasteiger charge is 2.48. The number of carbonyl (C=O) groups is 7. The summed E-state index contributed by atoms with van der Waals surface area (Å²) in [5, 5.41) is 71.8. The van der Waals surface area contributed by atoms with Crippen molar-refractivity contribution in [1.82, 2.24) is 65.6 Å². The predicted molar refractivity (Wildman–Crippen MR) is 382 cm³/mol. The van der Waals surface area contributed by atoms with E-state index in [2.05, 4.69) is 56.5 Å². The van der Waals surface area contributed by atoms with E-state index in [4.69, 9.17) is 58.7 Å². The zero-order chi connectivity index (χ0) is 77.3. The van der Waals surface area contributed by atoms with Crippen LogP contribution in [0.5, 0.6) is 0 Å². The molecule has 0 spiro atoms. The lowest BCUT2D eigenvalue weighted by Crippen LogP contribution is -2.55. The Morgan fingerprint density at radius 2 is 0.943 bits per heavy atom. The number of aliphatic hydroxyl groups excluding tert-OH is 4. The van der Waals surface area contributed by atoms with Crippen molar-refractivity contribution in [2.24, 2.45) is 5.73 Å². The van der Waals surface area contributed by atoms with Crippen molar-refractivity contribution >= 4 is 75.6 Å². The van der Waals surface area contributed by atoms with E-state index in [0.29, 0.717) is 113 Å². The molecule has 36 nitrogen and oxygen atoms in total. The number of nitrogens with two attached hydrogens (primary N) is 1. The molecule has 1 unspecified atom stereocenters. The minimum atomic E-state index is -1.28. The van der Waals surface area contributed by atoms with Crippen LogP contribution in [0.2, 0.25) is 0 Å². The first-order valence-corrected chi connectivity index (χ1v) is 34.2. The number of nitrogens with zero attached hydrogens (tertiary/aromatic N) is 10. The third-order valence-corrected chi connectivity index (χ3v) is 15.5. The Kier molecular flexibility index (Phi) is 36.2. The van der Waals surface area contributed by atoms with Gasteiger partial charge in [-0.2, -0.15) is 0 Å². The first-order chi connectivity index (χ1) is 50.0. The van der Waals surface area contributed by atoms with Gasteiger partial charge in [0.15, 0.2) is 46.4 Å². The fourth-order valence-electron chi connectivity index (χ4n) is 10.7. The number of carboxylic acid groups (broad SMARTS) is 2. The highest BCUT2D eigenvalue weighted by molar-refractivity contribution is 5.89. The van der Waals surface area contributed by atoms with E-state index in [9.17, 15) is 44.4 Å². The van der Waals surface area contributed by atoms with Crippen molar-refractivity contribution in [3.05, 3.63) is 96.1 Å². The first kappa shape index (κ1) is 86.4. The molecule has 2 fully saturated rings. The highest BCUT2D eigenvalue weighted by Crippen LogP contribution is 2.35. The summed E-state index contributed by atoms with van der Waals surface area (Å²) < 4.78 is 42.1. The van der Waals surface area contributed by atoms with Crippen LogP contribution in [0.15, 0.2) is 73.8 Å². The molecule has 2 aliphatic rings. The number of carbonyl (C=O) groups excluding carboxylic acids is 5. The maximum atomic E-state index is 13.8. The molecule has 0 aliphatic carbocycles. The van der Waals surface area contributed by atoms with E-state index in [1.165, 1.54) is 25.3 Å². The number of benzene rings is 2. The second-order valence-electron chi connectivity index (χ2n) is 25.9. The van der Waals surface area contributed by atoms with Crippen molar-refractivity contribution in [1.29, 1.82) is 0 Å². The number of alkyl carbamates (subject to hydrolysis) is 1. The maximum Gasteiger partial charge on any atom is 0.407 e. The number of carboxylic acids is 2. The largest absolute Gasteiger partial charge is 0.481 e. The topological polar surface area (TPSA) is 485 Å².